The zero-order valence-corrected chi connectivity index (χ0v) is 12.5. The molecule has 0 heterocycles. The first kappa shape index (κ1) is 15.1. The fraction of sp³-hybridized carbons (Fsp3) is 0.278. The monoisotopic (exact) mass is 280 g/mol. The molecule has 108 valence electrons. The largest absolute Gasteiger partial charge is 0.496 e. The van der Waals surface area contributed by atoms with Crippen LogP contribution >= 0.6 is 0 Å². The molecule has 21 heavy (non-hydrogen) atoms. The van der Waals surface area contributed by atoms with Crippen LogP contribution in [0.3, 0.4) is 0 Å². The first-order valence-corrected chi connectivity index (χ1v) is 7.13. The van der Waals surface area contributed by atoms with Crippen LogP contribution in [0.5, 0.6) is 5.75 Å². The molecule has 0 aromatic heterocycles. The van der Waals surface area contributed by atoms with E-state index in [1.807, 2.05) is 42.5 Å². The Hall–Kier alpha value is -2.31. The number of hydrogen-bond donors (Lipinski definition) is 1. The van der Waals surface area contributed by atoms with Crippen molar-refractivity contribution in [2.75, 3.05) is 7.11 Å². The van der Waals surface area contributed by atoms with E-state index in [-0.39, 0.29) is 6.04 Å². The summed E-state index contributed by atoms with van der Waals surface area (Å²) in [7, 11) is 1.70. The van der Waals surface area contributed by atoms with Crippen molar-refractivity contribution >= 4 is 0 Å². The van der Waals surface area contributed by atoms with Gasteiger partial charge in [0, 0.05) is 18.2 Å². The lowest BCUT2D eigenvalue weighted by Crippen LogP contribution is -2.20. The van der Waals surface area contributed by atoms with Gasteiger partial charge in [0.05, 0.1) is 18.7 Å². The number of rotatable bonds is 6. The molecule has 0 saturated carbocycles. The molecule has 0 radical (unpaired) electrons. The Morgan fingerprint density at radius 1 is 1.19 bits per heavy atom. The lowest BCUT2D eigenvalue weighted by molar-refractivity contribution is 0.396. The minimum atomic E-state index is 0.229. The SMILES string of the molecule is CC[C@H](NCc1cccc(C#N)c1)c1ccccc1OC. The third-order valence-corrected chi connectivity index (χ3v) is 3.53. The summed E-state index contributed by atoms with van der Waals surface area (Å²) in [6.45, 7) is 2.88. The van der Waals surface area contributed by atoms with E-state index in [0.29, 0.717) is 5.56 Å². The van der Waals surface area contributed by atoms with Crippen molar-refractivity contribution in [2.45, 2.75) is 25.9 Å². The molecule has 2 aromatic carbocycles. The minimum absolute atomic E-state index is 0.229. The van der Waals surface area contributed by atoms with Crippen molar-refractivity contribution in [2.24, 2.45) is 0 Å². The summed E-state index contributed by atoms with van der Waals surface area (Å²) < 4.78 is 5.43. The number of hydrogen-bond acceptors (Lipinski definition) is 3. The Bertz CT molecular complexity index is 631. The van der Waals surface area contributed by atoms with Crippen LogP contribution in [-0.4, -0.2) is 7.11 Å². The molecule has 3 nitrogen and oxygen atoms in total. The number of para-hydroxylation sites is 1. The molecular formula is C18H20N2O. The average molecular weight is 280 g/mol. The summed E-state index contributed by atoms with van der Waals surface area (Å²) in [4.78, 5) is 0. The summed E-state index contributed by atoms with van der Waals surface area (Å²) in [6.07, 6.45) is 0.971. The van der Waals surface area contributed by atoms with Crippen LogP contribution in [0.2, 0.25) is 0 Å². The maximum absolute atomic E-state index is 8.94. The highest BCUT2D eigenvalue weighted by Gasteiger charge is 2.13. The second kappa shape index (κ2) is 7.47. The van der Waals surface area contributed by atoms with Crippen molar-refractivity contribution in [3.8, 4) is 11.8 Å². The molecule has 0 saturated heterocycles. The zero-order valence-electron chi connectivity index (χ0n) is 12.5. The Morgan fingerprint density at radius 3 is 2.71 bits per heavy atom. The van der Waals surface area contributed by atoms with Gasteiger partial charge in [0.25, 0.3) is 0 Å². The van der Waals surface area contributed by atoms with Gasteiger partial charge in [-0.3, -0.25) is 0 Å². The van der Waals surface area contributed by atoms with Gasteiger partial charge in [0.2, 0.25) is 0 Å². The van der Waals surface area contributed by atoms with Gasteiger partial charge in [0.1, 0.15) is 5.75 Å². The van der Waals surface area contributed by atoms with Gasteiger partial charge in [-0.1, -0.05) is 37.3 Å². The van der Waals surface area contributed by atoms with Crippen LogP contribution in [0.25, 0.3) is 0 Å². The maximum atomic E-state index is 8.94. The highest BCUT2D eigenvalue weighted by molar-refractivity contribution is 5.36. The number of nitrogens with zero attached hydrogens (tertiary/aromatic N) is 1. The molecule has 2 aromatic rings. The molecule has 0 unspecified atom stereocenters. The molecule has 0 spiro atoms. The summed E-state index contributed by atoms with van der Waals surface area (Å²) in [5.74, 6) is 0.905. The molecule has 1 atom stereocenters. The predicted molar refractivity (Wildman–Crippen MR) is 84.0 cm³/mol. The first-order chi connectivity index (χ1) is 10.3. The molecule has 3 heteroatoms. The van der Waals surface area contributed by atoms with Crippen LogP contribution in [0.15, 0.2) is 48.5 Å². The van der Waals surface area contributed by atoms with Crippen LogP contribution in [0, 0.1) is 11.3 Å². The fourth-order valence-electron chi connectivity index (χ4n) is 2.42. The van der Waals surface area contributed by atoms with Gasteiger partial charge in [-0.05, 0) is 30.2 Å². The van der Waals surface area contributed by atoms with E-state index in [1.165, 1.54) is 5.56 Å². The third kappa shape index (κ3) is 3.84. The van der Waals surface area contributed by atoms with Crippen LogP contribution in [-0.2, 0) is 6.54 Å². The topological polar surface area (TPSA) is 45.0 Å². The van der Waals surface area contributed by atoms with Gasteiger partial charge < -0.3 is 10.1 Å². The van der Waals surface area contributed by atoms with Crippen molar-refractivity contribution in [3.05, 3.63) is 65.2 Å². The number of benzene rings is 2. The number of nitrogens with one attached hydrogen (secondary N) is 1. The standard InChI is InChI=1S/C18H20N2O/c1-3-17(16-9-4-5-10-18(16)21-2)20-13-15-8-6-7-14(11-15)12-19/h4-11,17,20H,3,13H2,1-2H3/t17-/m0/s1. The third-order valence-electron chi connectivity index (χ3n) is 3.53. The van der Waals surface area contributed by atoms with Crippen LogP contribution < -0.4 is 10.1 Å². The van der Waals surface area contributed by atoms with E-state index < -0.39 is 0 Å². The molecule has 0 amide bonds. The van der Waals surface area contributed by atoms with E-state index in [0.717, 1.165) is 24.3 Å². The molecule has 0 bridgehead atoms. The Kier molecular flexibility index (Phi) is 5.36. The van der Waals surface area contributed by atoms with Crippen molar-refractivity contribution in [1.29, 1.82) is 5.26 Å². The van der Waals surface area contributed by atoms with Crippen molar-refractivity contribution < 1.29 is 4.74 Å². The van der Waals surface area contributed by atoms with Crippen molar-refractivity contribution in [1.82, 2.24) is 5.32 Å². The summed E-state index contributed by atoms with van der Waals surface area (Å²) in [5, 5.41) is 12.5. The number of methoxy groups -OCH3 is 1. The molecule has 1 N–H and O–H groups in total. The van der Waals surface area contributed by atoms with Crippen LogP contribution in [0.1, 0.15) is 36.1 Å². The van der Waals surface area contributed by atoms with Gasteiger partial charge >= 0.3 is 0 Å². The van der Waals surface area contributed by atoms with Crippen LogP contribution in [0.4, 0.5) is 0 Å². The fourth-order valence-corrected chi connectivity index (χ4v) is 2.42. The van der Waals surface area contributed by atoms with E-state index in [9.17, 15) is 0 Å². The summed E-state index contributed by atoms with van der Waals surface area (Å²) in [6, 6.07) is 18.2. The van der Waals surface area contributed by atoms with E-state index in [2.05, 4.69) is 24.4 Å². The van der Waals surface area contributed by atoms with E-state index >= 15 is 0 Å². The highest BCUT2D eigenvalue weighted by Crippen LogP contribution is 2.27. The minimum Gasteiger partial charge on any atom is -0.496 e. The lowest BCUT2D eigenvalue weighted by Gasteiger charge is -2.20. The van der Waals surface area contributed by atoms with Gasteiger partial charge in [0.15, 0.2) is 0 Å². The van der Waals surface area contributed by atoms with Gasteiger partial charge in [-0.25, -0.2) is 0 Å². The Morgan fingerprint density at radius 2 is 2.00 bits per heavy atom. The lowest BCUT2D eigenvalue weighted by atomic mass is 10.0. The average Bonchev–Trinajstić information content (AvgIpc) is 2.56. The molecule has 2 rings (SSSR count). The van der Waals surface area contributed by atoms with Gasteiger partial charge in [-0.2, -0.15) is 5.26 Å². The quantitative estimate of drug-likeness (QED) is 0.875. The molecule has 0 aliphatic carbocycles. The Balaban J connectivity index is 2.11. The number of nitriles is 1. The second-order valence-electron chi connectivity index (χ2n) is 4.90. The predicted octanol–water partition coefficient (Wildman–Crippen LogP) is 3.81. The van der Waals surface area contributed by atoms with E-state index in [1.54, 1.807) is 7.11 Å². The van der Waals surface area contributed by atoms with Crippen molar-refractivity contribution in [3.63, 3.8) is 0 Å². The maximum Gasteiger partial charge on any atom is 0.123 e. The second-order valence-corrected chi connectivity index (χ2v) is 4.90. The molecule has 0 fully saturated rings. The first-order valence-electron chi connectivity index (χ1n) is 7.13. The molecular weight excluding hydrogens is 260 g/mol. The summed E-state index contributed by atoms with van der Waals surface area (Å²) >= 11 is 0. The van der Waals surface area contributed by atoms with Gasteiger partial charge in [-0.15, -0.1) is 0 Å². The number of ether oxygens (including phenoxy) is 1. The van der Waals surface area contributed by atoms with E-state index in [4.69, 9.17) is 10.00 Å². The Labute approximate surface area is 126 Å². The molecule has 0 aliphatic heterocycles. The highest BCUT2D eigenvalue weighted by atomic mass is 16.5. The smallest absolute Gasteiger partial charge is 0.123 e. The molecule has 0 aliphatic rings. The normalized spacial score (nSPS) is 11.7. The summed E-state index contributed by atoms with van der Waals surface area (Å²) in [5.41, 5.74) is 2.97. The zero-order chi connectivity index (χ0) is 15.1.